The van der Waals surface area contributed by atoms with E-state index >= 15 is 0 Å². The van der Waals surface area contributed by atoms with Crippen LogP contribution in [-0.2, 0) is 11.2 Å². The van der Waals surface area contributed by atoms with Gasteiger partial charge in [-0.15, -0.1) is 5.10 Å². The maximum absolute atomic E-state index is 10.6. The summed E-state index contributed by atoms with van der Waals surface area (Å²) in [5.41, 5.74) is 1.80. The van der Waals surface area contributed by atoms with E-state index < -0.39 is 5.97 Å². The Hall–Kier alpha value is -2.70. The number of aliphatic carboxylic acids is 1. The Morgan fingerprint density at radius 1 is 1.37 bits per heavy atom. The van der Waals surface area contributed by atoms with E-state index in [1.165, 1.54) is 0 Å². The number of carbonyl (C=O) groups is 1. The van der Waals surface area contributed by atoms with Crippen molar-refractivity contribution in [2.75, 3.05) is 0 Å². The predicted molar refractivity (Wildman–Crippen MR) is 67.0 cm³/mol. The van der Waals surface area contributed by atoms with Gasteiger partial charge in [-0.3, -0.25) is 4.79 Å². The number of aromatic amines is 1. The quantitative estimate of drug-likeness (QED) is 0.731. The number of carboxylic acid groups (broad SMARTS) is 1. The second-order valence-corrected chi connectivity index (χ2v) is 4.12. The number of para-hydroxylation sites is 1. The molecule has 0 aliphatic carbocycles. The van der Waals surface area contributed by atoms with Crippen LogP contribution in [0.1, 0.15) is 12.2 Å². The highest BCUT2D eigenvalue weighted by Gasteiger charge is 2.13. The van der Waals surface area contributed by atoms with Crippen LogP contribution < -0.4 is 0 Å². The maximum atomic E-state index is 10.6. The largest absolute Gasteiger partial charge is 0.481 e. The Morgan fingerprint density at radius 3 is 3.05 bits per heavy atom. The number of nitrogens with one attached hydrogen (secondary N) is 1. The van der Waals surface area contributed by atoms with Crippen molar-refractivity contribution in [3.8, 4) is 5.69 Å². The normalized spacial score (nSPS) is 10.9. The molecule has 0 fully saturated rings. The lowest BCUT2D eigenvalue weighted by Gasteiger charge is -2.01. The third-order valence-corrected chi connectivity index (χ3v) is 2.89. The maximum Gasteiger partial charge on any atom is 0.303 e. The Balaban J connectivity index is 2.02. The molecule has 7 heteroatoms. The summed E-state index contributed by atoms with van der Waals surface area (Å²) in [6.45, 7) is 0. The molecule has 0 atom stereocenters. The zero-order valence-corrected chi connectivity index (χ0v) is 9.95. The first-order valence-electron chi connectivity index (χ1n) is 5.81. The lowest BCUT2D eigenvalue weighted by Crippen LogP contribution is -2.06. The molecular weight excluding hydrogens is 246 g/mol. The van der Waals surface area contributed by atoms with Gasteiger partial charge in [0.1, 0.15) is 0 Å². The van der Waals surface area contributed by atoms with E-state index in [1.807, 2.05) is 30.5 Å². The van der Waals surface area contributed by atoms with Crippen LogP contribution in [0.4, 0.5) is 0 Å². The van der Waals surface area contributed by atoms with Gasteiger partial charge in [-0.2, -0.15) is 4.68 Å². The summed E-state index contributed by atoms with van der Waals surface area (Å²) in [5.74, 6) is -0.333. The van der Waals surface area contributed by atoms with Crippen molar-refractivity contribution < 1.29 is 9.90 Å². The molecule has 0 saturated heterocycles. The van der Waals surface area contributed by atoms with Gasteiger partial charge >= 0.3 is 5.97 Å². The molecule has 2 heterocycles. The van der Waals surface area contributed by atoms with E-state index in [1.54, 1.807) is 4.68 Å². The summed E-state index contributed by atoms with van der Waals surface area (Å²) in [6, 6.07) is 7.79. The van der Waals surface area contributed by atoms with Crippen LogP contribution in [0.3, 0.4) is 0 Å². The van der Waals surface area contributed by atoms with Crippen molar-refractivity contribution in [1.82, 2.24) is 25.2 Å². The highest BCUT2D eigenvalue weighted by atomic mass is 16.4. The fraction of sp³-hybridized carbons (Fsp3) is 0.167. The van der Waals surface area contributed by atoms with Crippen LogP contribution in [0.15, 0.2) is 30.5 Å². The van der Waals surface area contributed by atoms with Gasteiger partial charge in [0.05, 0.1) is 12.1 Å². The smallest absolute Gasteiger partial charge is 0.303 e. The van der Waals surface area contributed by atoms with Crippen molar-refractivity contribution in [2.24, 2.45) is 0 Å². The van der Waals surface area contributed by atoms with E-state index in [4.69, 9.17) is 5.11 Å². The molecule has 2 aromatic heterocycles. The van der Waals surface area contributed by atoms with Crippen molar-refractivity contribution in [3.05, 3.63) is 36.3 Å². The van der Waals surface area contributed by atoms with E-state index in [0.717, 1.165) is 16.6 Å². The average molecular weight is 257 g/mol. The Morgan fingerprint density at radius 2 is 2.21 bits per heavy atom. The van der Waals surface area contributed by atoms with Gasteiger partial charge < -0.3 is 10.1 Å². The minimum absolute atomic E-state index is 0.00271. The van der Waals surface area contributed by atoms with Crippen LogP contribution in [-0.4, -0.2) is 36.3 Å². The molecule has 0 aliphatic rings. The van der Waals surface area contributed by atoms with Crippen molar-refractivity contribution in [2.45, 2.75) is 12.8 Å². The fourth-order valence-corrected chi connectivity index (χ4v) is 2.00. The molecule has 2 N–H and O–H groups in total. The van der Waals surface area contributed by atoms with Crippen molar-refractivity contribution in [1.29, 1.82) is 0 Å². The van der Waals surface area contributed by atoms with Gasteiger partial charge in [0.2, 0.25) is 0 Å². The number of rotatable bonds is 4. The van der Waals surface area contributed by atoms with Gasteiger partial charge in [0, 0.05) is 23.5 Å². The van der Waals surface area contributed by atoms with Crippen LogP contribution >= 0.6 is 0 Å². The van der Waals surface area contributed by atoms with Crippen LogP contribution in [0.2, 0.25) is 0 Å². The van der Waals surface area contributed by atoms with E-state index in [2.05, 4.69) is 20.5 Å². The van der Waals surface area contributed by atoms with Gasteiger partial charge in [-0.25, -0.2) is 0 Å². The first-order chi connectivity index (χ1) is 9.25. The zero-order valence-electron chi connectivity index (χ0n) is 9.95. The molecule has 0 spiro atoms. The average Bonchev–Trinajstić information content (AvgIpc) is 3.02. The predicted octanol–water partition coefficient (Wildman–Crippen LogP) is 1.16. The second-order valence-electron chi connectivity index (χ2n) is 4.12. The van der Waals surface area contributed by atoms with Crippen LogP contribution in [0, 0.1) is 0 Å². The summed E-state index contributed by atoms with van der Waals surface area (Å²) >= 11 is 0. The van der Waals surface area contributed by atoms with E-state index in [9.17, 15) is 4.79 Å². The summed E-state index contributed by atoms with van der Waals surface area (Å²) in [5, 5.41) is 21.1. The minimum Gasteiger partial charge on any atom is -0.481 e. The molecule has 0 bridgehead atoms. The van der Waals surface area contributed by atoms with Crippen LogP contribution in [0.25, 0.3) is 16.6 Å². The Kier molecular flexibility index (Phi) is 2.71. The third-order valence-electron chi connectivity index (χ3n) is 2.89. The number of tetrazole rings is 1. The number of nitrogens with zero attached hydrogens (tertiary/aromatic N) is 4. The molecular formula is C12H11N5O2. The van der Waals surface area contributed by atoms with Gasteiger partial charge in [-0.05, 0) is 16.5 Å². The van der Waals surface area contributed by atoms with Gasteiger partial charge in [-0.1, -0.05) is 18.2 Å². The number of hydrogen-bond acceptors (Lipinski definition) is 4. The van der Waals surface area contributed by atoms with E-state index in [0.29, 0.717) is 12.2 Å². The summed E-state index contributed by atoms with van der Waals surface area (Å²) < 4.78 is 1.57. The number of benzene rings is 1. The van der Waals surface area contributed by atoms with Crippen LogP contribution in [0.5, 0.6) is 0 Å². The Labute approximate surface area is 107 Å². The molecule has 96 valence electrons. The number of fused-ring (bicyclic) bond motifs is 1. The lowest BCUT2D eigenvalue weighted by atomic mass is 10.2. The molecule has 0 unspecified atom stereocenters. The number of hydrogen-bond donors (Lipinski definition) is 2. The van der Waals surface area contributed by atoms with E-state index in [-0.39, 0.29) is 6.42 Å². The zero-order chi connectivity index (χ0) is 13.2. The van der Waals surface area contributed by atoms with Crippen molar-refractivity contribution >= 4 is 16.9 Å². The molecule has 0 saturated carbocycles. The Bertz CT molecular complexity index is 730. The minimum atomic E-state index is -0.867. The number of aryl methyl sites for hydroxylation is 1. The standard InChI is InChI=1S/C12H11N5O2/c18-12(19)6-5-11-14-15-16-17(11)10-7-13-9-4-2-1-3-8(9)10/h1-4,7,13H,5-6H2,(H,18,19). The molecule has 0 amide bonds. The SMILES string of the molecule is O=C(O)CCc1nnnn1-c1c[nH]c2ccccc12. The highest BCUT2D eigenvalue weighted by molar-refractivity contribution is 5.88. The monoisotopic (exact) mass is 257 g/mol. The van der Waals surface area contributed by atoms with Gasteiger partial charge in [0.15, 0.2) is 5.82 Å². The number of H-pyrrole nitrogens is 1. The summed E-state index contributed by atoms with van der Waals surface area (Å²) in [7, 11) is 0. The molecule has 1 aromatic carbocycles. The molecule has 7 nitrogen and oxygen atoms in total. The first-order valence-corrected chi connectivity index (χ1v) is 5.81. The number of carboxylic acids is 1. The van der Waals surface area contributed by atoms with Gasteiger partial charge in [0.25, 0.3) is 0 Å². The molecule has 0 aliphatic heterocycles. The number of aromatic nitrogens is 5. The summed E-state index contributed by atoms with van der Waals surface area (Å²) in [4.78, 5) is 13.8. The second kappa shape index (κ2) is 4.52. The molecule has 0 radical (unpaired) electrons. The summed E-state index contributed by atoms with van der Waals surface area (Å²) in [6.07, 6.45) is 2.11. The highest BCUT2D eigenvalue weighted by Crippen LogP contribution is 2.21. The van der Waals surface area contributed by atoms with Crippen molar-refractivity contribution in [3.63, 3.8) is 0 Å². The lowest BCUT2D eigenvalue weighted by molar-refractivity contribution is -0.137. The fourth-order valence-electron chi connectivity index (χ4n) is 2.00. The molecule has 3 aromatic rings. The topological polar surface area (TPSA) is 96.7 Å². The third kappa shape index (κ3) is 2.05. The first kappa shape index (κ1) is 11.4. The molecule has 19 heavy (non-hydrogen) atoms. The molecule has 3 rings (SSSR count).